The van der Waals surface area contributed by atoms with Gasteiger partial charge in [-0.2, -0.15) is 23.1 Å². The Morgan fingerprint density at radius 1 is 1.56 bits per heavy atom. The molecule has 100 valence electrons. The minimum atomic E-state index is -0.0100. The molecular formula is C13H20N2OS2. The van der Waals surface area contributed by atoms with E-state index < -0.39 is 0 Å². The summed E-state index contributed by atoms with van der Waals surface area (Å²) in [7, 11) is 0. The van der Waals surface area contributed by atoms with Gasteiger partial charge in [-0.25, -0.2) is 0 Å². The first-order chi connectivity index (χ1) is 8.77. The molecule has 0 aromatic carbocycles. The number of thiophene rings is 1. The van der Waals surface area contributed by atoms with E-state index in [4.69, 9.17) is 0 Å². The Morgan fingerprint density at radius 2 is 2.39 bits per heavy atom. The van der Waals surface area contributed by atoms with Crippen LogP contribution in [0.4, 0.5) is 0 Å². The van der Waals surface area contributed by atoms with Gasteiger partial charge in [-0.1, -0.05) is 6.92 Å². The Kier molecular flexibility index (Phi) is 5.09. The molecular weight excluding hydrogens is 264 g/mol. The van der Waals surface area contributed by atoms with Crippen LogP contribution in [0.5, 0.6) is 0 Å². The fourth-order valence-corrected chi connectivity index (χ4v) is 3.39. The van der Waals surface area contributed by atoms with Crippen LogP contribution in [0.1, 0.15) is 31.5 Å². The van der Waals surface area contributed by atoms with Crippen LogP contribution < -0.4 is 5.32 Å². The van der Waals surface area contributed by atoms with Crippen LogP contribution in [0.2, 0.25) is 0 Å². The number of hydrogen-bond donors (Lipinski definition) is 1. The molecule has 1 N–H and O–H groups in total. The summed E-state index contributed by atoms with van der Waals surface area (Å²) in [4.78, 5) is 14.3. The number of amides is 1. The molecule has 1 aromatic heterocycles. The molecule has 1 amide bonds. The van der Waals surface area contributed by atoms with E-state index in [0.29, 0.717) is 0 Å². The molecule has 1 aliphatic heterocycles. The number of nitrogens with zero attached hydrogens (tertiary/aromatic N) is 1. The Balaban J connectivity index is 2.08. The number of thioether (sulfide) groups is 1. The van der Waals surface area contributed by atoms with Gasteiger partial charge in [-0.3, -0.25) is 10.1 Å². The zero-order valence-corrected chi connectivity index (χ0v) is 12.5. The van der Waals surface area contributed by atoms with Gasteiger partial charge in [-0.15, -0.1) is 0 Å². The average molecular weight is 284 g/mol. The molecule has 2 unspecified atom stereocenters. The van der Waals surface area contributed by atoms with E-state index in [1.807, 2.05) is 16.7 Å². The second-order valence-corrected chi connectivity index (χ2v) is 6.23. The average Bonchev–Trinajstić information content (AvgIpc) is 2.99. The molecule has 0 bridgehead atoms. The van der Waals surface area contributed by atoms with E-state index in [-0.39, 0.29) is 18.1 Å². The molecule has 18 heavy (non-hydrogen) atoms. The van der Waals surface area contributed by atoms with E-state index in [0.717, 1.165) is 25.1 Å². The molecule has 0 radical (unpaired) electrons. The molecule has 1 aliphatic rings. The maximum absolute atomic E-state index is 12.3. The van der Waals surface area contributed by atoms with Gasteiger partial charge in [0.25, 0.3) is 0 Å². The predicted molar refractivity (Wildman–Crippen MR) is 79.0 cm³/mol. The van der Waals surface area contributed by atoms with Crippen molar-refractivity contribution in [3.63, 3.8) is 0 Å². The van der Waals surface area contributed by atoms with Gasteiger partial charge in [0.15, 0.2) is 0 Å². The lowest BCUT2D eigenvalue weighted by Crippen LogP contribution is -2.32. The first-order valence-corrected chi connectivity index (χ1v) is 8.69. The van der Waals surface area contributed by atoms with E-state index in [2.05, 4.69) is 35.3 Å². The maximum Gasteiger partial charge on any atom is 0.241 e. The van der Waals surface area contributed by atoms with Crippen molar-refractivity contribution < 1.29 is 4.79 Å². The first kappa shape index (κ1) is 13.9. The van der Waals surface area contributed by atoms with Crippen molar-refractivity contribution in [3.05, 3.63) is 22.4 Å². The number of hydrogen-bond acceptors (Lipinski definition) is 4. The summed E-state index contributed by atoms with van der Waals surface area (Å²) in [5.41, 5.74) is 1.22. The second kappa shape index (κ2) is 6.59. The third-order valence-electron chi connectivity index (χ3n) is 3.27. The van der Waals surface area contributed by atoms with Crippen LogP contribution in [0.3, 0.4) is 0 Å². The number of carbonyl (C=O) groups is 1. The summed E-state index contributed by atoms with van der Waals surface area (Å²) in [5, 5.41) is 7.65. The van der Waals surface area contributed by atoms with Crippen molar-refractivity contribution in [2.75, 3.05) is 18.6 Å². The molecule has 3 nitrogen and oxygen atoms in total. The Morgan fingerprint density at radius 3 is 3.00 bits per heavy atom. The van der Waals surface area contributed by atoms with E-state index in [1.165, 1.54) is 5.56 Å². The van der Waals surface area contributed by atoms with E-state index in [9.17, 15) is 4.79 Å². The quantitative estimate of drug-likeness (QED) is 0.815. The largest absolute Gasteiger partial charge is 0.321 e. The minimum Gasteiger partial charge on any atom is -0.321 e. The Labute approximate surface area is 117 Å². The van der Waals surface area contributed by atoms with Crippen molar-refractivity contribution >= 4 is 29.0 Å². The molecule has 1 saturated heterocycles. The zero-order chi connectivity index (χ0) is 13.0. The smallest absolute Gasteiger partial charge is 0.241 e. The lowest BCUT2D eigenvalue weighted by Gasteiger charge is -2.23. The SMILES string of the molecule is CCC1NC(c2ccsc2)N(CCCSC)C1=O. The highest BCUT2D eigenvalue weighted by atomic mass is 32.2. The van der Waals surface area contributed by atoms with Crippen LogP contribution in [-0.2, 0) is 4.79 Å². The first-order valence-electron chi connectivity index (χ1n) is 6.35. The highest BCUT2D eigenvalue weighted by Gasteiger charge is 2.38. The molecule has 0 aliphatic carbocycles. The summed E-state index contributed by atoms with van der Waals surface area (Å²) in [6.07, 6.45) is 4.11. The molecule has 1 fully saturated rings. The number of carbonyl (C=O) groups excluding carboxylic acids is 1. The molecule has 2 heterocycles. The lowest BCUT2D eigenvalue weighted by atomic mass is 10.2. The lowest BCUT2D eigenvalue weighted by molar-refractivity contribution is -0.130. The highest BCUT2D eigenvalue weighted by molar-refractivity contribution is 7.98. The maximum atomic E-state index is 12.3. The van der Waals surface area contributed by atoms with Crippen molar-refractivity contribution in [3.8, 4) is 0 Å². The summed E-state index contributed by atoms with van der Waals surface area (Å²) in [6, 6.07) is 2.10. The second-order valence-electron chi connectivity index (χ2n) is 4.46. The fraction of sp³-hybridized carbons (Fsp3) is 0.615. The third-order valence-corrected chi connectivity index (χ3v) is 4.66. The van der Waals surface area contributed by atoms with Gasteiger partial charge in [0.1, 0.15) is 6.17 Å². The van der Waals surface area contributed by atoms with Crippen molar-refractivity contribution in [2.45, 2.75) is 32.0 Å². The van der Waals surface area contributed by atoms with Crippen LogP contribution >= 0.6 is 23.1 Å². The summed E-state index contributed by atoms with van der Waals surface area (Å²) >= 11 is 3.52. The highest BCUT2D eigenvalue weighted by Crippen LogP contribution is 2.28. The van der Waals surface area contributed by atoms with Gasteiger partial charge in [0.05, 0.1) is 6.04 Å². The third kappa shape index (κ3) is 2.90. The van der Waals surface area contributed by atoms with Gasteiger partial charge >= 0.3 is 0 Å². The van der Waals surface area contributed by atoms with Crippen LogP contribution in [0, 0.1) is 0 Å². The van der Waals surface area contributed by atoms with Crippen molar-refractivity contribution in [1.82, 2.24) is 10.2 Å². The van der Waals surface area contributed by atoms with Gasteiger partial charge < -0.3 is 4.90 Å². The standard InChI is InChI=1S/C13H20N2OS2/c1-3-11-13(16)15(6-4-7-17-2)12(14-11)10-5-8-18-9-10/h5,8-9,11-12,14H,3-4,6-7H2,1-2H3. The fourth-order valence-electron chi connectivity index (χ4n) is 2.30. The molecule has 2 atom stereocenters. The molecule has 5 heteroatoms. The predicted octanol–water partition coefficient (Wildman–Crippen LogP) is 2.71. The summed E-state index contributed by atoms with van der Waals surface area (Å²) < 4.78 is 0. The van der Waals surface area contributed by atoms with Crippen LogP contribution in [-0.4, -0.2) is 35.4 Å². The molecule has 0 saturated carbocycles. The van der Waals surface area contributed by atoms with Crippen LogP contribution in [0.25, 0.3) is 0 Å². The van der Waals surface area contributed by atoms with Gasteiger partial charge in [0.2, 0.25) is 5.91 Å². The Bertz CT molecular complexity index is 380. The van der Waals surface area contributed by atoms with Crippen molar-refractivity contribution in [1.29, 1.82) is 0 Å². The van der Waals surface area contributed by atoms with Crippen molar-refractivity contribution in [2.24, 2.45) is 0 Å². The number of nitrogens with one attached hydrogen (secondary N) is 1. The van der Waals surface area contributed by atoms with E-state index in [1.54, 1.807) is 11.3 Å². The Hall–Kier alpha value is -0.520. The normalized spacial score (nSPS) is 23.9. The van der Waals surface area contributed by atoms with Crippen LogP contribution in [0.15, 0.2) is 16.8 Å². The topological polar surface area (TPSA) is 32.3 Å². The van der Waals surface area contributed by atoms with Gasteiger partial charge in [-0.05, 0) is 47.2 Å². The van der Waals surface area contributed by atoms with E-state index >= 15 is 0 Å². The molecule has 1 aromatic rings. The summed E-state index contributed by atoms with van der Waals surface area (Å²) in [6.45, 7) is 2.91. The molecule has 0 spiro atoms. The zero-order valence-electron chi connectivity index (χ0n) is 10.9. The van der Waals surface area contributed by atoms with Gasteiger partial charge in [0, 0.05) is 6.54 Å². The summed E-state index contributed by atoms with van der Waals surface area (Å²) in [5.74, 6) is 1.37. The monoisotopic (exact) mass is 284 g/mol. The minimum absolute atomic E-state index is 0.0100. The number of rotatable bonds is 6. The molecule has 2 rings (SSSR count).